The van der Waals surface area contributed by atoms with Crippen molar-refractivity contribution in [2.75, 3.05) is 44.3 Å². The lowest BCUT2D eigenvalue weighted by atomic mass is 9.86. The number of H-pyrrole nitrogens is 1. The van der Waals surface area contributed by atoms with E-state index in [1.54, 1.807) is 0 Å². The number of rotatable bonds is 5. The summed E-state index contributed by atoms with van der Waals surface area (Å²) >= 11 is 0. The highest BCUT2D eigenvalue weighted by Crippen LogP contribution is 2.27. The first kappa shape index (κ1) is 20.9. The van der Waals surface area contributed by atoms with Crippen LogP contribution in [0, 0.1) is 5.92 Å². The van der Waals surface area contributed by atoms with Crippen LogP contribution in [0.25, 0.3) is 11.3 Å². The number of carbonyl (C=O) groups excluding carboxylic acids is 1. The Kier molecular flexibility index (Phi) is 6.11. The van der Waals surface area contributed by atoms with Gasteiger partial charge in [0.1, 0.15) is 5.69 Å². The van der Waals surface area contributed by atoms with Gasteiger partial charge in [-0.2, -0.15) is 5.10 Å². The van der Waals surface area contributed by atoms with Gasteiger partial charge >= 0.3 is 0 Å². The van der Waals surface area contributed by atoms with E-state index in [1.807, 2.05) is 24.8 Å². The number of nitrogens with zero attached hydrogens (tertiary/aromatic N) is 3. The summed E-state index contributed by atoms with van der Waals surface area (Å²) in [6.45, 7) is 8.50. The van der Waals surface area contributed by atoms with Crippen LogP contribution in [0.2, 0.25) is 0 Å². The standard InChI is InChI=1S/C23H32N4O3/c1-23(2,29)16-17-7-9-27(10-8-17)22(28)21-15-20(24-25-21)18-3-5-19(6-4-18)26-11-13-30-14-12-26/h3-6,15,17,29H,7-14,16H2,1-2H3,(H,24,25). The third kappa shape index (κ3) is 5.02. The summed E-state index contributed by atoms with van der Waals surface area (Å²) in [5, 5.41) is 17.3. The van der Waals surface area contributed by atoms with E-state index in [9.17, 15) is 9.90 Å². The molecule has 2 N–H and O–H groups in total. The molecule has 0 unspecified atom stereocenters. The molecule has 0 bridgehead atoms. The maximum absolute atomic E-state index is 12.9. The quantitative estimate of drug-likeness (QED) is 0.789. The van der Waals surface area contributed by atoms with Gasteiger partial charge in [-0.05, 0) is 57.2 Å². The second-order valence-electron chi connectivity index (χ2n) is 9.07. The van der Waals surface area contributed by atoms with E-state index in [0.29, 0.717) is 11.6 Å². The Hall–Kier alpha value is -2.38. The van der Waals surface area contributed by atoms with Gasteiger partial charge in [0.2, 0.25) is 0 Å². The maximum Gasteiger partial charge on any atom is 0.271 e. The van der Waals surface area contributed by atoms with Crippen LogP contribution in [0.15, 0.2) is 30.3 Å². The van der Waals surface area contributed by atoms with Crippen LogP contribution in [0.4, 0.5) is 5.69 Å². The molecule has 3 heterocycles. The fourth-order valence-corrected chi connectivity index (χ4v) is 4.46. The number of aromatic amines is 1. The summed E-state index contributed by atoms with van der Waals surface area (Å²) in [5.74, 6) is 0.469. The first-order valence-electron chi connectivity index (χ1n) is 10.9. The van der Waals surface area contributed by atoms with E-state index >= 15 is 0 Å². The van der Waals surface area contributed by atoms with Gasteiger partial charge in [0.25, 0.3) is 5.91 Å². The van der Waals surface area contributed by atoms with Crippen LogP contribution in [-0.4, -0.2) is 71.1 Å². The van der Waals surface area contributed by atoms with Crippen molar-refractivity contribution in [2.24, 2.45) is 5.92 Å². The third-order valence-corrected chi connectivity index (χ3v) is 6.04. The molecule has 0 atom stereocenters. The molecule has 2 aromatic rings. The highest BCUT2D eigenvalue weighted by atomic mass is 16.5. The first-order valence-corrected chi connectivity index (χ1v) is 10.9. The number of aromatic nitrogens is 2. The van der Waals surface area contributed by atoms with Gasteiger partial charge in [0.05, 0.1) is 24.5 Å². The molecule has 2 saturated heterocycles. The third-order valence-electron chi connectivity index (χ3n) is 6.04. The number of hydrogen-bond donors (Lipinski definition) is 2. The van der Waals surface area contributed by atoms with Crippen molar-refractivity contribution in [1.82, 2.24) is 15.1 Å². The zero-order valence-electron chi connectivity index (χ0n) is 17.9. The van der Waals surface area contributed by atoms with Gasteiger partial charge in [-0.25, -0.2) is 0 Å². The molecule has 7 nitrogen and oxygen atoms in total. The lowest BCUT2D eigenvalue weighted by molar-refractivity contribution is 0.0357. The van der Waals surface area contributed by atoms with Crippen LogP contribution in [0.1, 0.15) is 43.6 Å². The van der Waals surface area contributed by atoms with Crippen LogP contribution < -0.4 is 4.90 Å². The van der Waals surface area contributed by atoms with Gasteiger partial charge in [-0.1, -0.05) is 12.1 Å². The minimum atomic E-state index is -0.646. The predicted molar refractivity (Wildman–Crippen MR) is 117 cm³/mol. The average molecular weight is 413 g/mol. The van der Waals surface area contributed by atoms with Crippen molar-refractivity contribution in [2.45, 2.75) is 38.7 Å². The predicted octanol–water partition coefficient (Wildman–Crippen LogP) is 2.93. The molecule has 162 valence electrons. The molecule has 0 saturated carbocycles. The average Bonchev–Trinajstić information content (AvgIpc) is 3.24. The highest BCUT2D eigenvalue weighted by Gasteiger charge is 2.28. The fourth-order valence-electron chi connectivity index (χ4n) is 4.46. The number of anilines is 1. The fraction of sp³-hybridized carbons (Fsp3) is 0.565. The largest absolute Gasteiger partial charge is 0.390 e. The van der Waals surface area contributed by atoms with E-state index in [1.165, 1.54) is 5.69 Å². The van der Waals surface area contributed by atoms with Gasteiger partial charge in [0.15, 0.2) is 0 Å². The number of likely N-dealkylation sites (tertiary alicyclic amines) is 1. The molecule has 30 heavy (non-hydrogen) atoms. The van der Waals surface area contributed by atoms with Gasteiger partial charge in [0, 0.05) is 37.4 Å². The molecule has 0 spiro atoms. The Morgan fingerprint density at radius 2 is 1.83 bits per heavy atom. The highest BCUT2D eigenvalue weighted by molar-refractivity contribution is 5.93. The number of benzene rings is 1. The van der Waals surface area contributed by atoms with E-state index in [0.717, 1.165) is 69.9 Å². The molecule has 1 aromatic heterocycles. The van der Waals surface area contributed by atoms with E-state index in [4.69, 9.17) is 4.74 Å². The summed E-state index contributed by atoms with van der Waals surface area (Å²) < 4.78 is 5.41. The van der Waals surface area contributed by atoms with Crippen molar-refractivity contribution < 1.29 is 14.6 Å². The van der Waals surface area contributed by atoms with E-state index in [2.05, 4.69) is 39.4 Å². The van der Waals surface area contributed by atoms with Crippen LogP contribution in [-0.2, 0) is 4.74 Å². The van der Waals surface area contributed by atoms with Gasteiger partial charge < -0.3 is 19.6 Å². The van der Waals surface area contributed by atoms with E-state index in [-0.39, 0.29) is 5.91 Å². The normalized spacial score (nSPS) is 18.6. The summed E-state index contributed by atoms with van der Waals surface area (Å²) in [4.78, 5) is 17.1. The van der Waals surface area contributed by atoms with Crippen LogP contribution in [0.3, 0.4) is 0 Å². The zero-order chi connectivity index (χ0) is 21.1. The molecular formula is C23H32N4O3. The summed E-state index contributed by atoms with van der Waals surface area (Å²) in [5.41, 5.74) is 2.84. The van der Waals surface area contributed by atoms with Crippen molar-refractivity contribution >= 4 is 11.6 Å². The second kappa shape index (κ2) is 8.78. The topological polar surface area (TPSA) is 81.7 Å². The Bertz CT molecular complexity index is 842. The number of piperidine rings is 1. The Morgan fingerprint density at radius 3 is 2.47 bits per heavy atom. The Morgan fingerprint density at radius 1 is 1.17 bits per heavy atom. The Labute approximate surface area is 178 Å². The summed E-state index contributed by atoms with van der Waals surface area (Å²) in [6.07, 6.45) is 2.64. The maximum atomic E-state index is 12.9. The molecule has 2 fully saturated rings. The molecule has 0 aliphatic carbocycles. The molecule has 0 radical (unpaired) electrons. The summed E-state index contributed by atoms with van der Waals surface area (Å²) in [6, 6.07) is 10.2. The lowest BCUT2D eigenvalue weighted by Crippen LogP contribution is -2.40. The van der Waals surface area contributed by atoms with Crippen molar-refractivity contribution in [3.63, 3.8) is 0 Å². The van der Waals surface area contributed by atoms with Gasteiger partial charge in [-0.3, -0.25) is 9.89 Å². The number of morpholine rings is 1. The number of aliphatic hydroxyl groups is 1. The van der Waals surface area contributed by atoms with E-state index < -0.39 is 5.60 Å². The smallest absolute Gasteiger partial charge is 0.271 e. The van der Waals surface area contributed by atoms with Crippen molar-refractivity contribution in [3.8, 4) is 11.3 Å². The van der Waals surface area contributed by atoms with Crippen molar-refractivity contribution in [3.05, 3.63) is 36.0 Å². The van der Waals surface area contributed by atoms with Crippen molar-refractivity contribution in [1.29, 1.82) is 0 Å². The van der Waals surface area contributed by atoms with Gasteiger partial charge in [-0.15, -0.1) is 0 Å². The second-order valence-corrected chi connectivity index (χ2v) is 9.07. The number of ether oxygens (including phenoxy) is 1. The number of hydrogen-bond acceptors (Lipinski definition) is 5. The Balaban J connectivity index is 1.36. The summed E-state index contributed by atoms with van der Waals surface area (Å²) in [7, 11) is 0. The monoisotopic (exact) mass is 412 g/mol. The molecule has 2 aliphatic rings. The molecule has 1 aromatic carbocycles. The number of nitrogens with one attached hydrogen (secondary N) is 1. The molecule has 1 amide bonds. The number of carbonyl (C=O) groups is 1. The number of amides is 1. The molecule has 4 rings (SSSR count). The van der Waals surface area contributed by atoms with Crippen LogP contribution >= 0.6 is 0 Å². The van der Waals surface area contributed by atoms with Crippen LogP contribution in [0.5, 0.6) is 0 Å². The SMILES string of the molecule is CC(C)(O)CC1CCN(C(=O)c2cc(-c3ccc(N4CCOCC4)cc3)n[nH]2)CC1. The zero-order valence-corrected chi connectivity index (χ0v) is 17.9. The minimum absolute atomic E-state index is 0.000366. The molecule has 7 heteroatoms. The first-order chi connectivity index (χ1) is 14.4. The lowest BCUT2D eigenvalue weighted by Gasteiger charge is -2.34. The molecule has 2 aliphatic heterocycles. The minimum Gasteiger partial charge on any atom is -0.390 e. The molecular weight excluding hydrogens is 380 g/mol.